The highest BCUT2D eigenvalue weighted by Gasteiger charge is 2.35. The number of amides is 1. The van der Waals surface area contributed by atoms with Gasteiger partial charge < -0.3 is 14.7 Å². The van der Waals surface area contributed by atoms with Gasteiger partial charge in [-0.15, -0.1) is 0 Å². The normalized spacial score (nSPS) is 24.2. The quantitative estimate of drug-likeness (QED) is 0.799. The third kappa shape index (κ3) is 3.19. The van der Waals surface area contributed by atoms with E-state index in [2.05, 4.69) is 0 Å². The first-order valence-corrected chi connectivity index (χ1v) is 6.10. The number of ether oxygens (including phenoxy) is 1. The monoisotopic (exact) mass is 243 g/mol. The molecule has 0 aromatic rings. The van der Waals surface area contributed by atoms with Gasteiger partial charge in [0.2, 0.25) is 5.91 Å². The molecule has 3 unspecified atom stereocenters. The molecule has 1 rings (SSSR count). The Morgan fingerprint density at radius 1 is 1.47 bits per heavy atom. The minimum Gasteiger partial charge on any atom is -0.480 e. The van der Waals surface area contributed by atoms with Crippen LogP contribution in [0.5, 0.6) is 0 Å². The van der Waals surface area contributed by atoms with Crippen molar-refractivity contribution in [2.45, 2.75) is 33.2 Å². The Bertz CT molecular complexity index is 292. The highest BCUT2D eigenvalue weighted by Crippen LogP contribution is 2.20. The van der Waals surface area contributed by atoms with Crippen LogP contribution in [0.1, 0.15) is 27.2 Å². The summed E-state index contributed by atoms with van der Waals surface area (Å²) in [5.74, 6) is -0.941. The first-order chi connectivity index (χ1) is 7.99. The standard InChI is InChI=1S/C12H21NO4/c1-4-8(2)9(3)11(14)13-5-6-17-7-10(13)12(15)16/h8-10H,4-7H2,1-3H3,(H,15,16). The van der Waals surface area contributed by atoms with Crippen molar-refractivity contribution in [1.82, 2.24) is 4.90 Å². The van der Waals surface area contributed by atoms with E-state index in [0.29, 0.717) is 13.2 Å². The summed E-state index contributed by atoms with van der Waals surface area (Å²) in [6.07, 6.45) is 0.912. The molecule has 0 bridgehead atoms. The van der Waals surface area contributed by atoms with E-state index in [4.69, 9.17) is 9.84 Å². The molecular formula is C12H21NO4. The van der Waals surface area contributed by atoms with Crippen LogP contribution in [0.4, 0.5) is 0 Å². The molecule has 1 fully saturated rings. The Morgan fingerprint density at radius 2 is 2.12 bits per heavy atom. The van der Waals surface area contributed by atoms with E-state index in [1.165, 1.54) is 4.90 Å². The van der Waals surface area contributed by atoms with Crippen molar-refractivity contribution in [3.63, 3.8) is 0 Å². The minimum absolute atomic E-state index is 0.0740. The Balaban J connectivity index is 2.74. The van der Waals surface area contributed by atoms with Crippen molar-refractivity contribution in [2.24, 2.45) is 11.8 Å². The molecule has 3 atom stereocenters. The smallest absolute Gasteiger partial charge is 0.328 e. The predicted molar refractivity (Wildman–Crippen MR) is 62.6 cm³/mol. The average molecular weight is 243 g/mol. The lowest BCUT2D eigenvalue weighted by atomic mass is 9.92. The van der Waals surface area contributed by atoms with Gasteiger partial charge in [-0.05, 0) is 5.92 Å². The Hall–Kier alpha value is -1.10. The van der Waals surface area contributed by atoms with Crippen molar-refractivity contribution in [3.8, 4) is 0 Å². The minimum atomic E-state index is -0.991. The van der Waals surface area contributed by atoms with E-state index in [0.717, 1.165) is 6.42 Å². The molecule has 5 heteroatoms. The summed E-state index contributed by atoms with van der Waals surface area (Å²) in [7, 11) is 0. The van der Waals surface area contributed by atoms with Gasteiger partial charge in [0, 0.05) is 12.5 Å². The lowest BCUT2D eigenvalue weighted by molar-refractivity contribution is -0.160. The highest BCUT2D eigenvalue weighted by atomic mass is 16.5. The fourth-order valence-electron chi connectivity index (χ4n) is 1.93. The third-order valence-electron chi connectivity index (χ3n) is 3.58. The van der Waals surface area contributed by atoms with E-state index in [1.807, 2.05) is 20.8 Å². The van der Waals surface area contributed by atoms with Gasteiger partial charge in [0.25, 0.3) is 0 Å². The van der Waals surface area contributed by atoms with Crippen LogP contribution in [-0.4, -0.2) is 47.7 Å². The van der Waals surface area contributed by atoms with Gasteiger partial charge in [0.15, 0.2) is 6.04 Å². The molecule has 0 aliphatic carbocycles. The van der Waals surface area contributed by atoms with Gasteiger partial charge in [-0.25, -0.2) is 4.79 Å². The molecule has 1 N–H and O–H groups in total. The van der Waals surface area contributed by atoms with Crippen LogP contribution in [0.25, 0.3) is 0 Å². The summed E-state index contributed by atoms with van der Waals surface area (Å²) >= 11 is 0. The first-order valence-electron chi connectivity index (χ1n) is 6.10. The first kappa shape index (κ1) is 14.0. The zero-order valence-electron chi connectivity index (χ0n) is 10.7. The largest absolute Gasteiger partial charge is 0.480 e. The van der Waals surface area contributed by atoms with Crippen LogP contribution in [0.15, 0.2) is 0 Å². The summed E-state index contributed by atoms with van der Waals surface area (Å²) < 4.78 is 5.12. The summed E-state index contributed by atoms with van der Waals surface area (Å²) in [5.41, 5.74) is 0. The fourth-order valence-corrected chi connectivity index (χ4v) is 1.93. The van der Waals surface area contributed by atoms with Crippen LogP contribution in [0, 0.1) is 11.8 Å². The molecule has 1 saturated heterocycles. The topological polar surface area (TPSA) is 66.8 Å². The summed E-state index contributed by atoms with van der Waals surface area (Å²) in [5, 5.41) is 9.06. The van der Waals surface area contributed by atoms with E-state index in [-0.39, 0.29) is 24.3 Å². The van der Waals surface area contributed by atoms with Crippen LogP contribution in [0.2, 0.25) is 0 Å². The number of morpholine rings is 1. The predicted octanol–water partition coefficient (Wildman–Crippen LogP) is 0.981. The van der Waals surface area contributed by atoms with E-state index < -0.39 is 12.0 Å². The molecule has 5 nitrogen and oxygen atoms in total. The number of carboxylic acid groups (broad SMARTS) is 1. The summed E-state index contributed by atoms with van der Waals surface area (Å²) in [6, 6.07) is -0.831. The maximum absolute atomic E-state index is 12.2. The molecule has 0 radical (unpaired) electrons. The van der Waals surface area contributed by atoms with Crippen molar-refractivity contribution in [3.05, 3.63) is 0 Å². The van der Waals surface area contributed by atoms with Crippen molar-refractivity contribution in [2.75, 3.05) is 19.8 Å². The molecule has 0 aromatic heterocycles. The Morgan fingerprint density at radius 3 is 2.65 bits per heavy atom. The number of hydrogen-bond donors (Lipinski definition) is 1. The number of carboxylic acids is 1. The van der Waals surface area contributed by atoms with E-state index >= 15 is 0 Å². The Labute approximate surface area is 102 Å². The molecule has 1 aliphatic heterocycles. The van der Waals surface area contributed by atoms with Gasteiger partial charge in [-0.3, -0.25) is 4.79 Å². The lowest BCUT2D eigenvalue weighted by Gasteiger charge is -2.35. The summed E-state index contributed by atoms with van der Waals surface area (Å²) in [4.78, 5) is 24.7. The fraction of sp³-hybridized carbons (Fsp3) is 0.833. The molecule has 98 valence electrons. The number of rotatable bonds is 4. The lowest BCUT2D eigenvalue weighted by Crippen LogP contribution is -2.54. The highest BCUT2D eigenvalue weighted by molar-refractivity contribution is 5.85. The molecule has 0 aromatic carbocycles. The number of carbonyl (C=O) groups is 2. The molecule has 17 heavy (non-hydrogen) atoms. The molecule has 1 heterocycles. The number of carbonyl (C=O) groups excluding carboxylic acids is 1. The Kier molecular flexibility index (Phi) is 4.93. The van der Waals surface area contributed by atoms with Crippen LogP contribution >= 0.6 is 0 Å². The van der Waals surface area contributed by atoms with E-state index in [1.54, 1.807) is 0 Å². The SMILES string of the molecule is CCC(C)C(C)C(=O)N1CCOCC1C(=O)O. The van der Waals surface area contributed by atoms with Crippen molar-refractivity contribution < 1.29 is 19.4 Å². The number of hydrogen-bond acceptors (Lipinski definition) is 3. The maximum Gasteiger partial charge on any atom is 0.328 e. The van der Waals surface area contributed by atoms with Gasteiger partial charge in [0.1, 0.15) is 0 Å². The number of nitrogens with zero attached hydrogens (tertiary/aromatic N) is 1. The second-order valence-corrected chi connectivity index (χ2v) is 4.63. The van der Waals surface area contributed by atoms with Gasteiger partial charge in [-0.1, -0.05) is 27.2 Å². The van der Waals surface area contributed by atoms with Gasteiger partial charge in [-0.2, -0.15) is 0 Å². The second-order valence-electron chi connectivity index (χ2n) is 4.63. The zero-order valence-corrected chi connectivity index (χ0v) is 10.7. The zero-order chi connectivity index (χ0) is 13.0. The van der Waals surface area contributed by atoms with Gasteiger partial charge in [0.05, 0.1) is 13.2 Å². The molecule has 0 saturated carbocycles. The molecule has 1 amide bonds. The average Bonchev–Trinajstić information content (AvgIpc) is 2.35. The summed E-state index contributed by atoms with van der Waals surface area (Å²) in [6.45, 7) is 6.79. The number of aliphatic carboxylic acids is 1. The molecule has 1 aliphatic rings. The van der Waals surface area contributed by atoms with Crippen LogP contribution in [0.3, 0.4) is 0 Å². The third-order valence-corrected chi connectivity index (χ3v) is 3.58. The van der Waals surface area contributed by atoms with E-state index in [9.17, 15) is 9.59 Å². The van der Waals surface area contributed by atoms with Crippen molar-refractivity contribution >= 4 is 11.9 Å². The second kappa shape index (κ2) is 6.00. The van der Waals surface area contributed by atoms with Crippen molar-refractivity contribution in [1.29, 1.82) is 0 Å². The van der Waals surface area contributed by atoms with Crippen LogP contribution in [-0.2, 0) is 14.3 Å². The maximum atomic E-state index is 12.2. The van der Waals surface area contributed by atoms with Crippen LogP contribution < -0.4 is 0 Å². The van der Waals surface area contributed by atoms with Gasteiger partial charge >= 0.3 is 5.97 Å². The molecule has 0 spiro atoms. The molecular weight excluding hydrogens is 222 g/mol.